The van der Waals surface area contributed by atoms with Crippen LogP contribution in [0.3, 0.4) is 0 Å². The molecule has 0 unspecified atom stereocenters. The van der Waals surface area contributed by atoms with E-state index in [1.54, 1.807) is 24.4 Å². The first-order chi connectivity index (χ1) is 10.2. The summed E-state index contributed by atoms with van der Waals surface area (Å²) in [7, 11) is 0. The Labute approximate surface area is 121 Å². The number of urea groups is 1. The van der Waals surface area contributed by atoms with Gasteiger partial charge in [0.2, 0.25) is 0 Å². The largest absolute Gasteiger partial charge is 0.329 e. The number of hydrogen-bond acceptors (Lipinski definition) is 3. The third kappa shape index (κ3) is 2.81. The number of aromatic nitrogens is 1. The van der Waals surface area contributed by atoms with Crippen LogP contribution >= 0.6 is 0 Å². The Morgan fingerprint density at radius 2 is 1.81 bits per heavy atom. The summed E-state index contributed by atoms with van der Waals surface area (Å²) in [5.74, 6) is -0.338. The van der Waals surface area contributed by atoms with E-state index in [1.807, 2.05) is 36.4 Å². The van der Waals surface area contributed by atoms with Gasteiger partial charge in [0.15, 0.2) is 0 Å². The molecule has 5 heteroatoms. The first kappa shape index (κ1) is 13.1. The molecule has 21 heavy (non-hydrogen) atoms. The average Bonchev–Trinajstić information content (AvgIpc) is 2.77. The van der Waals surface area contributed by atoms with Crippen molar-refractivity contribution in [1.82, 2.24) is 15.2 Å². The molecule has 1 saturated heterocycles. The minimum Gasteiger partial charge on any atom is -0.303 e. The molecule has 0 bridgehead atoms. The number of rotatable bonds is 3. The second-order valence-corrected chi connectivity index (χ2v) is 4.62. The van der Waals surface area contributed by atoms with Crippen LogP contribution in [0.15, 0.2) is 60.4 Å². The number of benzene rings is 1. The highest BCUT2D eigenvalue weighted by Crippen LogP contribution is 2.15. The van der Waals surface area contributed by atoms with Gasteiger partial charge in [-0.05, 0) is 23.8 Å². The molecule has 0 aliphatic carbocycles. The highest BCUT2D eigenvalue weighted by molar-refractivity contribution is 6.13. The molecule has 3 amide bonds. The number of nitrogens with one attached hydrogen (secondary N) is 1. The minimum atomic E-state index is -0.411. The topological polar surface area (TPSA) is 62.3 Å². The molecule has 1 N–H and O–H groups in total. The Balaban J connectivity index is 1.81. The lowest BCUT2D eigenvalue weighted by atomic mass is 10.2. The predicted molar refractivity (Wildman–Crippen MR) is 77.7 cm³/mol. The van der Waals surface area contributed by atoms with Crippen molar-refractivity contribution in [3.8, 4) is 0 Å². The van der Waals surface area contributed by atoms with Gasteiger partial charge in [0.05, 0.1) is 12.2 Å². The fourth-order valence-corrected chi connectivity index (χ4v) is 2.09. The van der Waals surface area contributed by atoms with Gasteiger partial charge in [0.1, 0.15) is 5.70 Å². The van der Waals surface area contributed by atoms with Crippen LogP contribution in [0.4, 0.5) is 4.79 Å². The van der Waals surface area contributed by atoms with Crippen molar-refractivity contribution in [2.75, 3.05) is 0 Å². The number of amides is 3. The van der Waals surface area contributed by atoms with Crippen molar-refractivity contribution in [3.63, 3.8) is 0 Å². The molecule has 3 rings (SSSR count). The first-order valence-corrected chi connectivity index (χ1v) is 6.53. The molecule has 0 spiro atoms. The first-order valence-electron chi connectivity index (χ1n) is 6.53. The van der Waals surface area contributed by atoms with Gasteiger partial charge in [0, 0.05) is 6.20 Å². The molecule has 1 fully saturated rings. The molecule has 0 saturated carbocycles. The van der Waals surface area contributed by atoms with E-state index >= 15 is 0 Å². The Kier molecular flexibility index (Phi) is 3.47. The summed E-state index contributed by atoms with van der Waals surface area (Å²) in [5.41, 5.74) is 1.78. The van der Waals surface area contributed by atoms with E-state index in [1.165, 1.54) is 4.90 Å². The highest BCUT2D eigenvalue weighted by Gasteiger charge is 2.33. The van der Waals surface area contributed by atoms with E-state index < -0.39 is 6.03 Å². The van der Waals surface area contributed by atoms with Gasteiger partial charge in [-0.1, -0.05) is 36.4 Å². The minimum absolute atomic E-state index is 0.245. The Bertz CT molecular complexity index is 696. The van der Waals surface area contributed by atoms with Crippen molar-refractivity contribution >= 4 is 18.0 Å². The van der Waals surface area contributed by atoms with Crippen molar-refractivity contribution in [2.45, 2.75) is 6.54 Å². The summed E-state index contributed by atoms with van der Waals surface area (Å²) < 4.78 is 0. The van der Waals surface area contributed by atoms with Gasteiger partial charge in [0.25, 0.3) is 5.91 Å². The number of imide groups is 1. The molecule has 5 nitrogen and oxygen atoms in total. The van der Waals surface area contributed by atoms with E-state index in [9.17, 15) is 9.59 Å². The summed E-state index contributed by atoms with van der Waals surface area (Å²) in [4.78, 5) is 29.5. The molecular weight excluding hydrogens is 266 g/mol. The standard InChI is InChI=1S/C16H13N3O2/c20-15-14(10-13-8-4-5-9-17-13)18-16(21)19(15)11-12-6-2-1-3-7-12/h1-10H,11H2,(H,18,21)/b14-10-. The third-order valence-corrected chi connectivity index (χ3v) is 3.13. The van der Waals surface area contributed by atoms with Crippen LogP contribution in [-0.2, 0) is 11.3 Å². The molecule has 2 aromatic rings. The van der Waals surface area contributed by atoms with Gasteiger partial charge in [-0.25, -0.2) is 4.79 Å². The lowest BCUT2D eigenvalue weighted by Crippen LogP contribution is -2.30. The Morgan fingerprint density at radius 1 is 1.05 bits per heavy atom. The lowest BCUT2D eigenvalue weighted by Gasteiger charge is -2.11. The zero-order valence-electron chi connectivity index (χ0n) is 11.2. The van der Waals surface area contributed by atoms with Crippen LogP contribution in [0.25, 0.3) is 6.08 Å². The van der Waals surface area contributed by atoms with Crippen LogP contribution in [0.1, 0.15) is 11.3 Å². The molecular formula is C16H13N3O2. The van der Waals surface area contributed by atoms with Gasteiger partial charge >= 0.3 is 6.03 Å². The third-order valence-electron chi connectivity index (χ3n) is 3.13. The molecule has 0 radical (unpaired) electrons. The zero-order valence-corrected chi connectivity index (χ0v) is 11.2. The maximum atomic E-state index is 12.3. The van der Waals surface area contributed by atoms with Crippen molar-refractivity contribution in [1.29, 1.82) is 0 Å². The summed E-state index contributed by atoms with van der Waals surface area (Å²) in [6.07, 6.45) is 3.21. The van der Waals surface area contributed by atoms with Crippen molar-refractivity contribution in [3.05, 3.63) is 71.7 Å². The number of nitrogens with zero attached hydrogens (tertiary/aromatic N) is 2. The van der Waals surface area contributed by atoms with Crippen molar-refractivity contribution < 1.29 is 9.59 Å². The van der Waals surface area contributed by atoms with Crippen LogP contribution in [-0.4, -0.2) is 21.8 Å². The van der Waals surface area contributed by atoms with Crippen LogP contribution in [0, 0.1) is 0 Å². The average molecular weight is 279 g/mol. The predicted octanol–water partition coefficient (Wildman–Crippen LogP) is 2.17. The summed E-state index contributed by atoms with van der Waals surface area (Å²) in [6.45, 7) is 0.255. The van der Waals surface area contributed by atoms with Gasteiger partial charge in [-0.2, -0.15) is 0 Å². The second kappa shape index (κ2) is 5.58. The molecule has 1 aromatic carbocycles. The number of carbonyl (C=O) groups excluding carboxylic acids is 2. The van der Waals surface area contributed by atoms with E-state index in [4.69, 9.17) is 0 Å². The molecule has 2 heterocycles. The van der Waals surface area contributed by atoms with Crippen LogP contribution in [0.5, 0.6) is 0 Å². The fraction of sp³-hybridized carbons (Fsp3) is 0.0625. The molecule has 1 aliphatic heterocycles. The maximum absolute atomic E-state index is 12.3. The number of pyridine rings is 1. The summed E-state index contributed by atoms with van der Waals surface area (Å²) in [6, 6.07) is 14.4. The number of hydrogen-bond donors (Lipinski definition) is 1. The lowest BCUT2D eigenvalue weighted by molar-refractivity contribution is -0.123. The summed E-state index contributed by atoms with van der Waals surface area (Å²) >= 11 is 0. The van der Waals surface area contributed by atoms with E-state index in [0.717, 1.165) is 5.56 Å². The van der Waals surface area contributed by atoms with E-state index in [2.05, 4.69) is 10.3 Å². The molecule has 104 valence electrons. The van der Waals surface area contributed by atoms with E-state index in [-0.39, 0.29) is 18.1 Å². The van der Waals surface area contributed by atoms with Crippen LogP contribution in [0.2, 0.25) is 0 Å². The normalized spacial score (nSPS) is 16.4. The Morgan fingerprint density at radius 3 is 2.52 bits per heavy atom. The summed E-state index contributed by atoms with van der Waals surface area (Å²) in [5, 5.41) is 2.58. The zero-order chi connectivity index (χ0) is 14.7. The fourth-order valence-electron chi connectivity index (χ4n) is 2.09. The molecule has 0 atom stereocenters. The monoisotopic (exact) mass is 279 g/mol. The van der Waals surface area contributed by atoms with Crippen molar-refractivity contribution in [2.24, 2.45) is 0 Å². The second-order valence-electron chi connectivity index (χ2n) is 4.62. The molecule has 1 aliphatic rings. The van der Waals surface area contributed by atoms with Gasteiger partial charge in [-0.15, -0.1) is 0 Å². The smallest absolute Gasteiger partial charge is 0.303 e. The molecule has 1 aromatic heterocycles. The number of carbonyl (C=O) groups is 2. The Hall–Kier alpha value is -2.95. The highest BCUT2D eigenvalue weighted by atomic mass is 16.2. The quantitative estimate of drug-likeness (QED) is 0.692. The maximum Gasteiger partial charge on any atom is 0.329 e. The van der Waals surface area contributed by atoms with Gasteiger partial charge in [-0.3, -0.25) is 14.7 Å². The van der Waals surface area contributed by atoms with Gasteiger partial charge < -0.3 is 5.32 Å². The SMILES string of the molecule is O=C1N/C(=C\c2ccccn2)C(=O)N1Cc1ccccc1. The van der Waals surface area contributed by atoms with Crippen LogP contribution < -0.4 is 5.32 Å². The van der Waals surface area contributed by atoms with E-state index in [0.29, 0.717) is 5.69 Å².